The van der Waals surface area contributed by atoms with E-state index in [1.807, 2.05) is 16.4 Å². The number of rotatable bonds is 3. The first kappa shape index (κ1) is 17.7. The number of hydrogen-bond acceptors (Lipinski definition) is 8. The standard InChI is InChI=1S/C17H22N8O2S/c1-10-13(19-22-28-10)17(27)24-6-5-23-7-8-25-14(12(23)9-24)20-21-15(25)16(26)18-11-3-2-4-11/h11-12H,2-9H2,1H3,(H,18,26)/t12-/m0/s1. The van der Waals surface area contributed by atoms with Gasteiger partial charge in [0, 0.05) is 38.8 Å². The van der Waals surface area contributed by atoms with Crippen molar-refractivity contribution < 1.29 is 9.59 Å². The van der Waals surface area contributed by atoms with Crippen LogP contribution in [0.15, 0.2) is 0 Å². The van der Waals surface area contributed by atoms with Crippen LogP contribution in [0.4, 0.5) is 0 Å². The van der Waals surface area contributed by atoms with Crippen molar-refractivity contribution in [2.45, 2.75) is 44.8 Å². The predicted molar refractivity (Wildman–Crippen MR) is 100.0 cm³/mol. The van der Waals surface area contributed by atoms with Gasteiger partial charge in [0.25, 0.3) is 11.8 Å². The number of hydrogen-bond donors (Lipinski definition) is 1. The maximum absolute atomic E-state index is 12.8. The minimum absolute atomic E-state index is 0.0592. The van der Waals surface area contributed by atoms with Crippen LogP contribution in [-0.4, -0.2) is 78.2 Å². The molecule has 2 aromatic heterocycles. The van der Waals surface area contributed by atoms with E-state index in [2.05, 4.69) is 30.0 Å². The highest BCUT2D eigenvalue weighted by atomic mass is 32.1. The minimum Gasteiger partial charge on any atom is -0.347 e. The molecule has 2 aliphatic heterocycles. The van der Waals surface area contributed by atoms with Crippen LogP contribution in [0.25, 0.3) is 0 Å². The molecule has 1 saturated carbocycles. The van der Waals surface area contributed by atoms with E-state index in [9.17, 15) is 9.59 Å². The fourth-order valence-electron chi connectivity index (χ4n) is 4.08. The second-order valence-corrected chi connectivity index (χ2v) is 8.57. The van der Waals surface area contributed by atoms with Gasteiger partial charge in [0.15, 0.2) is 11.5 Å². The van der Waals surface area contributed by atoms with E-state index in [0.29, 0.717) is 31.2 Å². The van der Waals surface area contributed by atoms with E-state index >= 15 is 0 Å². The molecule has 11 heteroatoms. The maximum atomic E-state index is 12.8. The van der Waals surface area contributed by atoms with Crippen molar-refractivity contribution in [2.75, 3.05) is 26.2 Å². The van der Waals surface area contributed by atoms with E-state index in [1.54, 1.807) is 0 Å². The topological polar surface area (TPSA) is 109 Å². The Morgan fingerprint density at radius 2 is 1.93 bits per heavy atom. The van der Waals surface area contributed by atoms with Gasteiger partial charge < -0.3 is 14.8 Å². The Balaban J connectivity index is 1.36. The summed E-state index contributed by atoms with van der Waals surface area (Å²) in [7, 11) is 0. The Bertz CT molecular complexity index is 920. The monoisotopic (exact) mass is 402 g/mol. The molecule has 0 spiro atoms. The van der Waals surface area contributed by atoms with Crippen LogP contribution in [0.5, 0.6) is 0 Å². The van der Waals surface area contributed by atoms with Gasteiger partial charge in [-0.25, -0.2) is 0 Å². The third kappa shape index (κ3) is 2.89. The van der Waals surface area contributed by atoms with Crippen molar-refractivity contribution in [1.82, 2.24) is 39.5 Å². The first-order valence-electron chi connectivity index (χ1n) is 9.68. The molecule has 4 heterocycles. The molecular weight excluding hydrogens is 380 g/mol. The smallest absolute Gasteiger partial charge is 0.289 e. The normalized spacial score (nSPS) is 22.3. The summed E-state index contributed by atoms with van der Waals surface area (Å²) >= 11 is 1.24. The SMILES string of the molecule is Cc1snnc1C(=O)N1CCN2CCn3c(C(=O)NC4CCC4)nnc3[C@@H]2C1. The number of amides is 2. The predicted octanol–water partition coefficient (Wildman–Crippen LogP) is 0.233. The number of nitrogens with zero attached hydrogens (tertiary/aromatic N) is 7. The summed E-state index contributed by atoms with van der Waals surface area (Å²) in [6.45, 7) is 5.30. The van der Waals surface area contributed by atoms with Crippen LogP contribution >= 0.6 is 11.5 Å². The van der Waals surface area contributed by atoms with E-state index in [0.717, 1.165) is 43.1 Å². The number of piperazine rings is 1. The van der Waals surface area contributed by atoms with Gasteiger partial charge in [0.1, 0.15) is 0 Å². The third-order valence-corrected chi connectivity index (χ3v) is 6.60. The fraction of sp³-hybridized carbons (Fsp3) is 0.647. The van der Waals surface area contributed by atoms with Crippen molar-refractivity contribution >= 4 is 23.3 Å². The number of aryl methyl sites for hydroxylation is 1. The van der Waals surface area contributed by atoms with Crippen molar-refractivity contribution in [1.29, 1.82) is 0 Å². The summed E-state index contributed by atoms with van der Waals surface area (Å²) in [6, 6.07) is 0.203. The molecule has 0 radical (unpaired) electrons. The van der Waals surface area contributed by atoms with Crippen molar-refractivity contribution in [3.63, 3.8) is 0 Å². The van der Waals surface area contributed by atoms with Gasteiger partial charge in [-0.2, -0.15) is 0 Å². The molecule has 1 N–H and O–H groups in total. The average Bonchev–Trinajstić information content (AvgIpc) is 3.29. The number of nitrogens with one attached hydrogen (secondary N) is 1. The minimum atomic E-state index is -0.148. The Labute approximate surface area is 166 Å². The second-order valence-electron chi connectivity index (χ2n) is 7.62. The van der Waals surface area contributed by atoms with E-state index < -0.39 is 0 Å². The molecule has 3 aliphatic rings. The van der Waals surface area contributed by atoms with Gasteiger partial charge in [0.2, 0.25) is 5.82 Å². The number of fused-ring (bicyclic) bond motifs is 3. The van der Waals surface area contributed by atoms with Gasteiger partial charge in [-0.3, -0.25) is 14.5 Å². The highest BCUT2D eigenvalue weighted by Crippen LogP contribution is 2.29. The maximum Gasteiger partial charge on any atom is 0.289 e. The molecule has 10 nitrogen and oxygen atoms in total. The lowest BCUT2D eigenvalue weighted by atomic mass is 9.93. The van der Waals surface area contributed by atoms with Crippen LogP contribution in [0.1, 0.15) is 57.1 Å². The van der Waals surface area contributed by atoms with Crippen LogP contribution in [-0.2, 0) is 6.54 Å². The van der Waals surface area contributed by atoms with Crippen molar-refractivity contribution in [3.8, 4) is 0 Å². The Hall–Kier alpha value is -2.40. The molecule has 1 atom stereocenters. The van der Waals surface area contributed by atoms with Crippen molar-refractivity contribution in [2.24, 2.45) is 0 Å². The fourth-order valence-corrected chi connectivity index (χ4v) is 4.54. The first-order valence-corrected chi connectivity index (χ1v) is 10.5. The quantitative estimate of drug-likeness (QED) is 0.783. The zero-order valence-electron chi connectivity index (χ0n) is 15.7. The largest absolute Gasteiger partial charge is 0.347 e. The lowest BCUT2D eigenvalue weighted by molar-refractivity contribution is 0.0368. The van der Waals surface area contributed by atoms with Gasteiger partial charge in [-0.05, 0) is 37.7 Å². The highest BCUT2D eigenvalue weighted by Gasteiger charge is 2.39. The zero-order valence-corrected chi connectivity index (χ0v) is 16.5. The third-order valence-electron chi connectivity index (χ3n) is 5.96. The summed E-state index contributed by atoms with van der Waals surface area (Å²) in [6.07, 6.45) is 3.23. The van der Waals surface area contributed by atoms with E-state index in [1.165, 1.54) is 11.5 Å². The molecule has 1 aliphatic carbocycles. The molecule has 28 heavy (non-hydrogen) atoms. The molecule has 0 bridgehead atoms. The van der Waals surface area contributed by atoms with Gasteiger partial charge in [-0.15, -0.1) is 15.3 Å². The molecule has 2 amide bonds. The van der Waals surface area contributed by atoms with E-state index in [-0.39, 0.29) is 23.9 Å². The van der Waals surface area contributed by atoms with Crippen LogP contribution in [0.3, 0.4) is 0 Å². The lowest BCUT2D eigenvalue weighted by Gasteiger charge is -2.43. The Morgan fingerprint density at radius 1 is 1.11 bits per heavy atom. The summed E-state index contributed by atoms with van der Waals surface area (Å²) in [5.41, 5.74) is 0.427. The van der Waals surface area contributed by atoms with Crippen LogP contribution < -0.4 is 5.32 Å². The molecule has 1 saturated heterocycles. The lowest BCUT2D eigenvalue weighted by Crippen LogP contribution is -2.54. The number of carbonyl (C=O) groups is 2. The Kier molecular flexibility index (Phi) is 4.35. The highest BCUT2D eigenvalue weighted by molar-refractivity contribution is 7.05. The first-order chi connectivity index (χ1) is 13.6. The zero-order chi connectivity index (χ0) is 19.3. The van der Waals surface area contributed by atoms with Crippen LogP contribution in [0, 0.1) is 6.92 Å². The molecule has 2 fully saturated rings. The van der Waals surface area contributed by atoms with Gasteiger partial charge >= 0.3 is 0 Å². The molecule has 148 valence electrons. The van der Waals surface area contributed by atoms with Gasteiger partial charge in [-0.1, -0.05) is 4.49 Å². The molecule has 2 aromatic rings. The Morgan fingerprint density at radius 3 is 2.64 bits per heavy atom. The molecule has 5 rings (SSSR count). The molecule has 0 aromatic carbocycles. The average molecular weight is 402 g/mol. The molecule has 0 unspecified atom stereocenters. The van der Waals surface area contributed by atoms with Crippen molar-refractivity contribution in [3.05, 3.63) is 22.2 Å². The van der Waals surface area contributed by atoms with Crippen LogP contribution in [0.2, 0.25) is 0 Å². The second kappa shape index (κ2) is 6.89. The van der Waals surface area contributed by atoms with Gasteiger partial charge in [0.05, 0.1) is 10.9 Å². The summed E-state index contributed by atoms with van der Waals surface area (Å²) < 4.78 is 5.79. The van der Waals surface area contributed by atoms with E-state index in [4.69, 9.17) is 0 Å². The number of aromatic nitrogens is 5. The molecular formula is C17H22N8O2S. The summed E-state index contributed by atoms with van der Waals surface area (Å²) in [5, 5.41) is 15.5. The summed E-state index contributed by atoms with van der Waals surface area (Å²) in [5.74, 6) is 0.899. The summed E-state index contributed by atoms with van der Waals surface area (Å²) in [4.78, 5) is 30.4. The number of carbonyl (C=O) groups excluding carboxylic acids is 2.